The number of allylic oxidation sites excluding steroid dienone is 2. The highest BCUT2D eigenvalue weighted by molar-refractivity contribution is 7.98. The van der Waals surface area contributed by atoms with Gasteiger partial charge in [-0.1, -0.05) is 12.2 Å². The van der Waals surface area contributed by atoms with Crippen LogP contribution in [0.1, 0.15) is 0 Å². The molecule has 0 heterocycles. The van der Waals surface area contributed by atoms with Gasteiger partial charge >= 0.3 is 11.9 Å². The van der Waals surface area contributed by atoms with Crippen molar-refractivity contribution in [2.75, 3.05) is 18.6 Å². The summed E-state index contributed by atoms with van der Waals surface area (Å²) in [4.78, 5) is 20.9. The van der Waals surface area contributed by atoms with Gasteiger partial charge in [-0.3, -0.25) is 0 Å². The largest absolute Gasteiger partial charge is 0.478 e. The van der Waals surface area contributed by atoms with Crippen LogP contribution >= 0.6 is 11.8 Å². The lowest BCUT2D eigenvalue weighted by Crippen LogP contribution is -2.03. The van der Waals surface area contributed by atoms with Gasteiger partial charge in [0.25, 0.3) is 0 Å². The predicted molar refractivity (Wildman–Crippen MR) is 55.3 cm³/mol. The van der Waals surface area contributed by atoms with Crippen LogP contribution in [0.5, 0.6) is 0 Å². The number of carbonyl (C=O) groups is 2. The maximum absolute atomic E-state index is 10.9. The van der Waals surface area contributed by atoms with Gasteiger partial charge in [-0.05, 0) is 6.26 Å². The third-order valence-electron chi connectivity index (χ3n) is 1.11. The van der Waals surface area contributed by atoms with Gasteiger partial charge in [0, 0.05) is 17.9 Å². The van der Waals surface area contributed by atoms with Crippen LogP contribution in [0.3, 0.4) is 0 Å². The number of carbonyl (C=O) groups excluding carboxylic acids is 1. The van der Waals surface area contributed by atoms with Crippen molar-refractivity contribution < 1.29 is 19.4 Å². The molecule has 0 bridgehead atoms. The molecule has 0 radical (unpaired) electrons. The molecule has 0 aliphatic carbocycles. The molecule has 0 atom stereocenters. The average Bonchev–Trinajstić information content (AvgIpc) is 2.13. The summed E-state index contributed by atoms with van der Waals surface area (Å²) in [5.41, 5.74) is 0. The number of carboxylic acids is 1. The van der Waals surface area contributed by atoms with Gasteiger partial charge in [-0.2, -0.15) is 11.8 Å². The maximum atomic E-state index is 10.9. The molecule has 0 aliphatic rings. The van der Waals surface area contributed by atoms with Gasteiger partial charge in [0.2, 0.25) is 0 Å². The Balaban J connectivity index is 3.66. The first kappa shape index (κ1) is 12.8. The van der Waals surface area contributed by atoms with Crippen molar-refractivity contribution in [3.05, 3.63) is 24.3 Å². The van der Waals surface area contributed by atoms with Crippen molar-refractivity contribution in [1.82, 2.24) is 0 Å². The van der Waals surface area contributed by atoms with E-state index in [9.17, 15) is 9.59 Å². The fourth-order valence-corrected chi connectivity index (χ4v) is 0.796. The summed E-state index contributed by atoms with van der Waals surface area (Å²) in [7, 11) is 0. The fraction of sp³-hybridized carbons (Fsp3) is 0.333. The summed E-state index contributed by atoms with van der Waals surface area (Å²) in [5.74, 6) is -0.760. The minimum Gasteiger partial charge on any atom is -0.478 e. The number of carboxylic acid groups (broad SMARTS) is 1. The summed E-state index contributed by atoms with van der Waals surface area (Å²) in [6, 6.07) is 0. The quantitative estimate of drug-likeness (QED) is 0.311. The molecule has 0 aromatic rings. The first-order valence-corrected chi connectivity index (χ1v) is 5.29. The Labute approximate surface area is 86.6 Å². The van der Waals surface area contributed by atoms with E-state index in [0.717, 1.165) is 11.8 Å². The van der Waals surface area contributed by atoms with Gasteiger partial charge in [0.1, 0.15) is 6.61 Å². The molecule has 14 heavy (non-hydrogen) atoms. The third kappa shape index (κ3) is 8.86. The maximum Gasteiger partial charge on any atom is 0.330 e. The molecule has 0 aromatic carbocycles. The Bertz CT molecular complexity index is 245. The van der Waals surface area contributed by atoms with Gasteiger partial charge in [-0.25, -0.2) is 9.59 Å². The molecule has 1 N–H and O–H groups in total. The van der Waals surface area contributed by atoms with Crippen molar-refractivity contribution in [1.29, 1.82) is 0 Å². The number of thioether (sulfide) groups is 1. The molecule has 0 aromatic heterocycles. The average molecular weight is 216 g/mol. The van der Waals surface area contributed by atoms with Crippen LogP contribution in [0, 0.1) is 0 Å². The van der Waals surface area contributed by atoms with E-state index < -0.39 is 11.9 Å². The molecule has 0 saturated heterocycles. The van der Waals surface area contributed by atoms with Gasteiger partial charge in [0.15, 0.2) is 0 Å². The molecule has 78 valence electrons. The van der Waals surface area contributed by atoms with Crippen LogP contribution in [-0.2, 0) is 14.3 Å². The van der Waals surface area contributed by atoms with Crippen molar-refractivity contribution in [2.45, 2.75) is 0 Å². The number of hydrogen-bond donors (Lipinski definition) is 1. The number of ether oxygens (including phenoxy) is 1. The molecule has 0 spiro atoms. The highest BCUT2D eigenvalue weighted by Gasteiger charge is 1.93. The zero-order valence-electron chi connectivity index (χ0n) is 7.80. The predicted octanol–water partition coefficient (Wildman–Crippen LogP) is 1.09. The molecule has 0 aliphatic heterocycles. The van der Waals surface area contributed by atoms with E-state index in [1.165, 1.54) is 18.2 Å². The lowest BCUT2D eigenvalue weighted by Gasteiger charge is -1.97. The lowest BCUT2D eigenvalue weighted by molar-refractivity contribution is -0.137. The standard InChI is InChI=1S/C9H12O4S/c1-14-7-6-13-9(12)5-3-2-4-8(10)11/h2-5H,6-7H2,1H3,(H,10,11)/b4-2+,5-3-. The van der Waals surface area contributed by atoms with Crippen LogP contribution in [0.2, 0.25) is 0 Å². The second kappa shape index (κ2) is 8.37. The second-order valence-corrected chi connectivity index (χ2v) is 3.20. The van der Waals surface area contributed by atoms with Gasteiger partial charge in [-0.15, -0.1) is 0 Å². The first-order valence-electron chi connectivity index (χ1n) is 3.90. The molecule has 0 rings (SSSR count). The Kier molecular flexibility index (Phi) is 7.64. The number of aliphatic carboxylic acids is 1. The molecule has 4 nitrogen and oxygen atoms in total. The Morgan fingerprint density at radius 1 is 1.36 bits per heavy atom. The second-order valence-electron chi connectivity index (χ2n) is 2.22. The number of rotatable bonds is 6. The minimum atomic E-state index is -1.05. The molecule has 0 unspecified atom stereocenters. The summed E-state index contributed by atoms with van der Waals surface area (Å²) < 4.78 is 4.76. The SMILES string of the molecule is CSCCOC(=O)/C=C\C=C\C(=O)O. The zero-order valence-corrected chi connectivity index (χ0v) is 8.62. The normalized spacial score (nSPS) is 10.9. The van der Waals surface area contributed by atoms with E-state index in [1.807, 2.05) is 6.26 Å². The van der Waals surface area contributed by atoms with E-state index in [4.69, 9.17) is 9.84 Å². The molecule has 0 saturated carbocycles. The molecular weight excluding hydrogens is 204 g/mol. The highest BCUT2D eigenvalue weighted by atomic mass is 32.2. The Hall–Kier alpha value is -1.23. The van der Waals surface area contributed by atoms with Crippen LogP contribution < -0.4 is 0 Å². The Morgan fingerprint density at radius 3 is 2.57 bits per heavy atom. The lowest BCUT2D eigenvalue weighted by atomic mass is 10.4. The van der Waals surface area contributed by atoms with E-state index in [1.54, 1.807) is 11.8 Å². The first-order chi connectivity index (χ1) is 6.66. The van der Waals surface area contributed by atoms with Crippen molar-refractivity contribution in [2.24, 2.45) is 0 Å². The van der Waals surface area contributed by atoms with Gasteiger partial charge in [0.05, 0.1) is 0 Å². The van der Waals surface area contributed by atoms with Crippen LogP contribution in [0.4, 0.5) is 0 Å². The number of hydrogen-bond acceptors (Lipinski definition) is 4. The Morgan fingerprint density at radius 2 is 2.00 bits per heavy atom. The summed E-state index contributed by atoms with van der Waals surface area (Å²) in [5, 5.41) is 8.21. The van der Waals surface area contributed by atoms with Crippen LogP contribution in [-0.4, -0.2) is 35.7 Å². The van der Waals surface area contributed by atoms with Crippen molar-refractivity contribution >= 4 is 23.7 Å². The molecule has 5 heteroatoms. The molecule has 0 fully saturated rings. The fourth-order valence-electron chi connectivity index (χ4n) is 0.546. The zero-order chi connectivity index (χ0) is 10.8. The third-order valence-corrected chi connectivity index (χ3v) is 1.69. The summed E-state index contributed by atoms with van der Waals surface area (Å²) >= 11 is 1.58. The van der Waals surface area contributed by atoms with E-state index in [2.05, 4.69) is 0 Å². The van der Waals surface area contributed by atoms with Crippen LogP contribution in [0.15, 0.2) is 24.3 Å². The highest BCUT2D eigenvalue weighted by Crippen LogP contribution is 1.91. The van der Waals surface area contributed by atoms with E-state index in [-0.39, 0.29) is 0 Å². The molecule has 0 amide bonds. The van der Waals surface area contributed by atoms with E-state index >= 15 is 0 Å². The monoisotopic (exact) mass is 216 g/mol. The minimum absolute atomic E-state index is 0.368. The van der Waals surface area contributed by atoms with Crippen molar-refractivity contribution in [3.8, 4) is 0 Å². The van der Waals surface area contributed by atoms with Crippen LogP contribution in [0.25, 0.3) is 0 Å². The topological polar surface area (TPSA) is 63.6 Å². The molecular formula is C9H12O4S. The smallest absolute Gasteiger partial charge is 0.330 e. The van der Waals surface area contributed by atoms with E-state index in [0.29, 0.717) is 6.61 Å². The van der Waals surface area contributed by atoms with Crippen molar-refractivity contribution in [3.63, 3.8) is 0 Å². The summed E-state index contributed by atoms with van der Waals surface area (Å²) in [6.45, 7) is 0.368. The summed E-state index contributed by atoms with van der Waals surface area (Å²) in [6.07, 6.45) is 6.62. The van der Waals surface area contributed by atoms with Gasteiger partial charge < -0.3 is 9.84 Å². The number of esters is 1.